The Kier molecular flexibility index (Phi) is 3.23. The monoisotopic (exact) mass is 273 g/mol. The van der Waals surface area contributed by atoms with Gasteiger partial charge in [0.25, 0.3) is 0 Å². The van der Waals surface area contributed by atoms with Crippen LogP contribution in [0.4, 0.5) is 5.82 Å². The number of aromatic nitrogens is 2. The van der Waals surface area contributed by atoms with Gasteiger partial charge in [-0.25, -0.2) is 14.8 Å². The Morgan fingerprint density at radius 1 is 1.30 bits per heavy atom. The van der Waals surface area contributed by atoms with Crippen molar-refractivity contribution in [3.8, 4) is 0 Å². The second-order valence-electron chi connectivity index (χ2n) is 4.94. The van der Waals surface area contributed by atoms with E-state index in [1.807, 2.05) is 23.1 Å². The van der Waals surface area contributed by atoms with Crippen LogP contribution >= 0.6 is 0 Å². The molecule has 20 heavy (non-hydrogen) atoms. The summed E-state index contributed by atoms with van der Waals surface area (Å²) in [6, 6.07) is 7.33. The summed E-state index contributed by atoms with van der Waals surface area (Å²) in [5, 5.41) is 19.7. The lowest BCUT2D eigenvalue weighted by atomic mass is 10.1. The summed E-state index contributed by atoms with van der Waals surface area (Å²) in [7, 11) is 0. The molecule has 3 rings (SSSR count). The predicted molar refractivity (Wildman–Crippen MR) is 74.0 cm³/mol. The largest absolute Gasteiger partial charge is 0.475 e. The average molecular weight is 273 g/mol. The maximum absolute atomic E-state index is 11.2. The highest BCUT2D eigenvalue weighted by atomic mass is 16.4. The number of hydrogen-bond acceptors (Lipinski definition) is 5. The molecular formula is C14H15N3O3. The van der Waals surface area contributed by atoms with Crippen LogP contribution in [0.25, 0.3) is 10.9 Å². The number of para-hydroxylation sites is 1. The highest BCUT2D eigenvalue weighted by molar-refractivity contribution is 5.93. The number of benzene rings is 1. The Morgan fingerprint density at radius 2 is 2.10 bits per heavy atom. The van der Waals surface area contributed by atoms with Crippen LogP contribution in [0.5, 0.6) is 0 Å². The van der Waals surface area contributed by atoms with Crippen molar-refractivity contribution in [2.45, 2.75) is 18.9 Å². The molecular weight excluding hydrogens is 258 g/mol. The van der Waals surface area contributed by atoms with Crippen LogP contribution in [0.1, 0.15) is 23.5 Å². The molecule has 0 radical (unpaired) electrons. The van der Waals surface area contributed by atoms with E-state index in [0.717, 1.165) is 24.8 Å². The summed E-state index contributed by atoms with van der Waals surface area (Å²) in [4.78, 5) is 21.3. The first kappa shape index (κ1) is 12.8. The maximum atomic E-state index is 11.2. The number of carbonyl (C=O) groups is 1. The minimum absolute atomic E-state index is 0.209. The van der Waals surface area contributed by atoms with E-state index in [0.29, 0.717) is 17.9 Å². The molecule has 1 aliphatic heterocycles. The van der Waals surface area contributed by atoms with Gasteiger partial charge in [-0.05, 0) is 25.0 Å². The van der Waals surface area contributed by atoms with Gasteiger partial charge in [0.05, 0.1) is 11.6 Å². The second-order valence-corrected chi connectivity index (χ2v) is 4.94. The molecule has 6 nitrogen and oxygen atoms in total. The molecule has 1 atom stereocenters. The Labute approximate surface area is 115 Å². The summed E-state index contributed by atoms with van der Waals surface area (Å²) in [6.45, 7) is 1.23. The number of piperidine rings is 1. The number of carboxylic acid groups (broad SMARTS) is 1. The Bertz CT molecular complexity index is 659. The lowest BCUT2D eigenvalue weighted by molar-refractivity contribution is 0.0684. The van der Waals surface area contributed by atoms with Gasteiger partial charge < -0.3 is 15.1 Å². The summed E-state index contributed by atoms with van der Waals surface area (Å²) in [5.41, 5.74) is 0.606. The summed E-state index contributed by atoms with van der Waals surface area (Å²) in [5.74, 6) is -0.764. The van der Waals surface area contributed by atoms with Gasteiger partial charge in [-0.1, -0.05) is 12.1 Å². The van der Waals surface area contributed by atoms with E-state index >= 15 is 0 Å². The Hall–Kier alpha value is -2.21. The zero-order valence-corrected chi connectivity index (χ0v) is 10.9. The fourth-order valence-electron chi connectivity index (χ4n) is 2.54. The van der Waals surface area contributed by atoms with Crippen LogP contribution in [0.15, 0.2) is 24.3 Å². The molecule has 1 unspecified atom stereocenters. The molecule has 1 aromatic carbocycles. The number of β-amino-alcohol motifs (C(OH)–C–C–N with tert-alkyl or cyclic N) is 1. The van der Waals surface area contributed by atoms with Gasteiger partial charge in [0.2, 0.25) is 5.82 Å². The SMILES string of the molecule is O=C(O)c1nc(N2CCCC(O)C2)c2ccccc2n1. The zero-order chi connectivity index (χ0) is 14.1. The Morgan fingerprint density at radius 3 is 2.85 bits per heavy atom. The normalized spacial score (nSPS) is 19.2. The van der Waals surface area contributed by atoms with Crippen molar-refractivity contribution < 1.29 is 15.0 Å². The second kappa shape index (κ2) is 5.05. The maximum Gasteiger partial charge on any atom is 0.374 e. The smallest absolute Gasteiger partial charge is 0.374 e. The van der Waals surface area contributed by atoms with Crippen molar-refractivity contribution in [3.05, 3.63) is 30.1 Å². The molecule has 0 amide bonds. The number of hydrogen-bond donors (Lipinski definition) is 2. The van der Waals surface area contributed by atoms with Crippen molar-refractivity contribution in [2.24, 2.45) is 0 Å². The van der Waals surface area contributed by atoms with E-state index in [9.17, 15) is 9.90 Å². The van der Waals surface area contributed by atoms with Crippen LogP contribution in [-0.4, -0.2) is 45.3 Å². The van der Waals surface area contributed by atoms with Gasteiger partial charge in [0.15, 0.2) is 0 Å². The highest BCUT2D eigenvalue weighted by Gasteiger charge is 2.22. The van der Waals surface area contributed by atoms with Gasteiger partial charge in [-0.2, -0.15) is 0 Å². The van der Waals surface area contributed by atoms with E-state index in [2.05, 4.69) is 9.97 Å². The van der Waals surface area contributed by atoms with Crippen LogP contribution < -0.4 is 4.90 Å². The first-order valence-electron chi connectivity index (χ1n) is 6.58. The van der Waals surface area contributed by atoms with Crippen LogP contribution in [-0.2, 0) is 0 Å². The third kappa shape index (κ3) is 2.30. The van der Waals surface area contributed by atoms with Gasteiger partial charge in [0, 0.05) is 18.5 Å². The Balaban J connectivity index is 2.14. The third-order valence-electron chi connectivity index (χ3n) is 3.47. The summed E-state index contributed by atoms with van der Waals surface area (Å²) in [6.07, 6.45) is 1.23. The molecule has 0 spiro atoms. The quantitative estimate of drug-likeness (QED) is 0.857. The lowest BCUT2D eigenvalue weighted by Crippen LogP contribution is -2.39. The lowest BCUT2D eigenvalue weighted by Gasteiger charge is -2.31. The molecule has 0 bridgehead atoms. The number of aliphatic hydroxyl groups is 1. The molecule has 0 aliphatic carbocycles. The molecule has 1 fully saturated rings. The van der Waals surface area contributed by atoms with Gasteiger partial charge in [-0.15, -0.1) is 0 Å². The van der Waals surface area contributed by atoms with Crippen molar-refractivity contribution in [1.29, 1.82) is 0 Å². The molecule has 0 saturated carbocycles. The van der Waals surface area contributed by atoms with Crippen molar-refractivity contribution in [2.75, 3.05) is 18.0 Å². The third-order valence-corrected chi connectivity index (χ3v) is 3.47. The van der Waals surface area contributed by atoms with E-state index in [1.54, 1.807) is 6.07 Å². The number of fused-ring (bicyclic) bond motifs is 1. The minimum atomic E-state index is -1.14. The van der Waals surface area contributed by atoms with E-state index in [-0.39, 0.29) is 5.82 Å². The number of carboxylic acids is 1. The number of rotatable bonds is 2. The minimum Gasteiger partial charge on any atom is -0.475 e. The fourth-order valence-corrected chi connectivity index (χ4v) is 2.54. The van der Waals surface area contributed by atoms with Crippen molar-refractivity contribution in [3.63, 3.8) is 0 Å². The summed E-state index contributed by atoms with van der Waals surface area (Å²) >= 11 is 0. The van der Waals surface area contributed by atoms with E-state index in [1.165, 1.54) is 0 Å². The fraction of sp³-hybridized carbons (Fsp3) is 0.357. The van der Waals surface area contributed by atoms with Gasteiger partial charge in [0.1, 0.15) is 5.82 Å². The van der Waals surface area contributed by atoms with Crippen LogP contribution in [0.2, 0.25) is 0 Å². The van der Waals surface area contributed by atoms with Gasteiger partial charge >= 0.3 is 5.97 Å². The highest BCUT2D eigenvalue weighted by Crippen LogP contribution is 2.26. The predicted octanol–water partition coefficient (Wildman–Crippen LogP) is 1.29. The number of aromatic carboxylic acids is 1. The van der Waals surface area contributed by atoms with E-state index < -0.39 is 12.1 Å². The van der Waals surface area contributed by atoms with Gasteiger partial charge in [-0.3, -0.25) is 0 Å². The molecule has 1 aliphatic rings. The van der Waals surface area contributed by atoms with E-state index in [4.69, 9.17) is 5.11 Å². The topological polar surface area (TPSA) is 86.5 Å². The number of nitrogens with zero attached hydrogens (tertiary/aromatic N) is 3. The van der Waals surface area contributed by atoms with Crippen LogP contribution in [0, 0.1) is 0 Å². The first-order valence-corrected chi connectivity index (χ1v) is 6.58. The molecule has 6 heteroatoms. The zero-order valence-electron chi connectivity index (χ0n) is 10.9. The number of anilines is 1. The standard InChI is InChI=1S/C14H15N3O3/c18-9-4-3-7-17(8-9)13-10-5-1-2-6-11(10)15-12(16-13)14(19)20/h1-2,5-6,9,18H,3-4,7-8H2,(H,19,20). The molecule has 2 heterocycles. The molecule has 104 valence electrons. The molecule has 1 saturated heterocycles. The summed E-state index contributed by atoms with van der Waals surface area (Å²) < 4.78 is 0. The number of aliphatic hydroxyl groups excluding tert-OH is 1. The first-order chi connectivity index (χ1) is 9.65. The molecule has 1 aromatic heterocycles. The van der Waals surface area contributed by atoms with Crippen molar-refractivity contribution >= 4 is 22.7 Å². The molecule has 2 aromatic rings. The molecule has 2 N–H and O–H groups in total. The van der Waals surface area contributed by atoms with Crippen LogP contribution in [0.3, 0.4) is 0 Å². The average Bonchev–Trinajstić information content (AvgIpc) is 2.46. The van der Waals surface area contributed by atoms with Crippen molar-refractivity contribution in [1.82, 2.24) is 9.97 Å².